The lowest BCUT2D eigenvalue weighted by molar-refractivity contribution is 0.368. The molecule has 2 nitrogen and oxygen atoms in total. The molecule has 1 aliphatic carbocycles. The molecule has 1 fully saturated rings. The zero-order valence-corrected chi connectivity index (χ0v) is 5.88. The van der Waals surface area contributed by atoms with Crippen LogP contribution < -0.4 is 0 Å². The summed E-state index contributed by atoms with van der Waals surface area (Å²) in [6, 6.07) is 4.48. The molecule has 1 rings (SSSR count). The Morgan fingerprint density at radius 2 is 1.10 bits per heavy atom. The van der Waals surface area contributed by atoms with Crippen molar-refractivity contribution >= 4 is 0 Å². The fraction of sp³-hybridized carbons (Fsp3) is 0.750. The van der Waals surface area contributed by atoms with E-state index in [2.05, 4.69) is 12.1 Å². The number of rotatable bonds is 0. The van der Waals surface area contributed by atoms with Gasteiger partial charge in [0.2, 0.25) is 0 Å². The standard InChI is InChI=1S/C8H10N2/c9-5-7-1-2-8(6-10)4-3-7/h7-8H,1-4H2/t7-,8+. The predicted molar refractivity (Wildman–Crippen MR) is 36.7 cm³/mol. The molecule has 0 unspecified atom stereocenters. The summed E-state index contributed by atoms with van der Waals surface area (Å²) < 4.78 is 0. The molecule has 52 valence electrons. The van der Waals surface area contributed by atoms with Gasteiger partial charge in [-0.25, -0.2) is 0 Å². The van der Waals surface area contributed by atoms with E-state index in [1.54, 1.807) is 0 Å². The van der Waals surface area contributed by atoms with Crippen LogP contribution in [0.1, 0.15) is 25.7 Å². The molecule has 1 aliphatic rings. The number of hydrogen-bond donors (Lipinski definition) is 0. The second-order valence-corrected chi connectivity index (χ2v) is 2.81. The molecule has 0 aromatic carbocycles. The molecule has 0 spiro atoms. The largest absolute Gasteiger partial charge is 0.198 e. The van der Waals surface area contributed by atoms with Gasteiger partial charge in [-0.3, -0.25) is 0 Å². The third-order valence-corrected chi connectivity index (χ3v) is 2.09. The SMILES string of the molecule is N#C[C@H]1CC[C@@H](C#N)CC1. The average Bonchev–Trinajstić information content (AvgIpc) is 2.05. The second kappa shape index (κ2) is 3.22. The Bertz CT molecular complexity index is 154. The maximum atomic E-state index is 8.52. The molecule has 0 aromatic rings. The van der Waals surface area contributed by atoms with Crippen LogP contribution in [0.25, 0.3) is 0 Å². The van der Waals surface area contributed by atoms with Gasteiger partial charge < -0.3 is 0 Å². The Kier molecular flexibility index (Phi) is 2.29. The topological polar surface area (TPSA) is 47.6 Å². The molecule has 0 heterocycles. The highest BCUT2D eigenvalue weighted by Crippen LogP contribution is 2.27. The highest BCUT2D eigenvalue weighted by Gasteiger charge is 2.19. The normalized spacial score (nSPS) is 32.2. The lowest BCUT2D eigenvalue weighted by Crippen LogP contribution is -2.11. The maximum absolute atomic E-state index is 8.52. The maximum Gasteiger partial charge on any atom is 0.0655 e. The van der Waals surface area contributed by atoms with Gasteiger partial charge in [0, 0.05) is 11.8 Å². The van der Waals surface area contributed by atoms with Gasteiger partial charge in [0.25, 0.3) is 0 Å². The van der Waals surface area contributed by atoms with Crippen molar-refractivity contribution in [2.75, 3.05) is 0 Å². The quantitative estimate of drug-likeness (QED) is 0.507. The minimum Gasteiger partial charge on any atom is -0.198 e. The van der Waals surface area contributed by atoms with E-state index in [9.17, 15) is 0 Å². The number of nitrogens with zero attached hydrogens (tertiary/aromatic N) is 2. The Hall–Kier alpha value is -1.02. The van der Waals surface area contributed by atoms with Gasteiger partial charge in [-0.2, -0.15) is 10.5 Å². The zero-order valence-electron chi connectivity index (χ0n) is 5.88. The Labute approximate surface area is 61.1 Å². The van der Waals surface area contributed by atoms with Gasteiger partial charge >= 0.3 is 0 Å². The molecule has 2 heteroatoms. The van der Waals surface area contributed by atoms with Gasteiger partial charge in [-0.1, -0.05) is 0 Å². The van der Waals surface area contributed by atoms with Crippen LogP contribution in [0.2, 0.25) is 0 Å². The van der Waals surface area contributed by atoms with E-state index in [4.69, 9.17) is 10.5 Å². The first-order valence-electron chi connectivity index (χ1n) is 3.66. The van der Waals surface area contributed by atoms with Crippen LogP contribution in [-0.4, -0.2) is 0 Å². The van der Waals surface area contributed by atoms with Gasteiger partial charge in [0.1, 0.15) is 0 Å². The molecule has 0 atom stereocenters. The first kappa shape index (κ1) is 7.09. The van der Waals surface area contributed by atoms with E-state index < -0.39 is 0 Å². The molecular weight excluding hydrogens is 124 g/mol. The van der Waals surface area contributed by atoms with Gasteiger partial charge in [0.05, 0.1) is 12.1 Å². The third-order valence-electron chi connectivity index (χ3n) is 2.09. The van der Waals surface area contributed by atoms with E-state index in [1.807, 2.05) is 0 Å². The Morgan fingerprint density at radius 1 is 0.800 bits per heavy atom. The van der Waals surface area contributed by atoms with Crippen LogP contribution >= 0.6 is 0 Å². The van der Waals surface area contributed by atoms with Crippen LogP contribution in [0.4, 0.5) is 0 Å². The van der Waals surface area contributed by atoms with Crippen LogP contribution in [0.3, 0.4) is 0 Å². The van der Waals surface area contributed by atoms with Crippen molar-refractivity contribution in [3.05, 3.63) is 0 Å². The van der Waals surface area contributed by atoms with E-state index in [1.165, 1.54) is 0 Å². The number of nitriles is 2. The van der Waals surface area contributed by atoms with Gasteiger partial charge in [-0.15, -0.1) is 0 Å². The highest BCUT2D eigenvalue weighted by atomic mass is 14.3. The molecule has 0 saturated heterocycles. The van der Waals surface area contributed by atoms with Gasteiger partial charge in [0.15, 0.2) is 0 Å². The fourth-order valence-electron chi connectivity index (χ4n) is 1.35. The molecule has 0 aliphatic heterocycles. The number of hydrogen-bond acceptors (Lipinski definition) is 2. The van der Waals surface area contributed by atoms with Crippen molar-refractivity contribution in [3.63, 3.8) is 0 Å². The van der Waals surface area contributed by atoms with Crippen LogP contribution in [0, 0.1) is 34.5 Å². The molecule has 10 heavy (non-hydrogen) atoms. The molecule has 1 saturated carbocycles. The van der Waals surface area contributed by atoms with E-state index in [0.717, 1.165) is 25.7 Å². The summed E-state index contributed by atoms with van der Waals surface area (Å²) in [5, 5.41) is 17.0. The molecule has 0 radical (unpaired) electrons. The van der Waals surface area contributed by atoms with E-state index in [0.29, 0.717) is 0 Å². The smallest absolute Gasteiger partial charge is 0.0655 e. The Balaban J connectivity index is 2.34. The summed E-state index contributed by atoms with van der Waals surface area (Å²) in [5.74, 6) is 0.453. The van der Waals surface area contributed by atoms with Crippen molar-refractivity contribution < 1.29 is 0 Å². The average molecular weight is 134 g/mol. The summed E-state index contributed by atoms with van der Waals surface area (Å²) in [4.78, 5) is 0. The zero-order chi connectivity index (χ0) is 7.40. The van der Waals surface area contributed by atoms with Crippen molar-refractivity contribution in [3.8, 4) is 12.1 Å². The summed E-state index contributed by atoms with van der Waals surface area (Å²) in [6.07, 6.45) is 3.70. The van der Waals surface area contributed by atoms with Crippen LogP contribution in [0.15, 0.2) is 0 Å². The lowest BCUT2D eigenvalue weighted by atomic mass is 9.84. The van der Waals surface area contributed by atoms with Crippen molar-refractivity contribution in [2.24, 2.45) is 11.8 Å². The van der Waals surface area contributed by atoms with Crippen molar-refractivity contribution in [2.45, 2.75) is 25.7 Å². The molecule has 0 aromatic heterocycles. The first-order valence-corrected chi connectivity index (χ1v) is 3.66. The third kappa shape index (κ3) is 1.48. The Morgan fingerprint density at radius 3 is 1.30 bits per heavy atom. The highest BCUT2D eigenvalue weighted by molar-refractivity contribution is 4.93. The summed E-state index contributed by atoms with van der Waals surface area (Å²) in [5.41, 5.74) is 0. The van der Waals surface area contributed by atoms with Crippen molar-refractivity contribution in [1.82, 2.24) is 0 Å². The first-order chi connectivity index (χ1) is 4.86. The lowest BCUT2D eigenvalue weighted by Gasteiger charge is -2.18. The van der Waals surface area contributed by atoms with Crippen LogP contribution in [-0.2, 0) is 0 Å². The van der Waals surface area contributed by atoms with Gasteiger partial charge in [-0.05, 0) is 25.7 Å². The molecular formula is C8H10N2. The van der Waals surface area contributed by atoms with E-state index in [-0.39, 0.29) is 11.8 Å². The fourth-order valence-corrected chi connectivity index (χ4v) is 1.35. The van der Waals surface area contributed by atoms with E-state index >= 15 is 0 Å². The van der Waals surface area contributed by atoms with Crippen molar-refractivity contribution in [1.29, 1.82) is 10.5 Å². The van der Waals surface area contributed by atoms with Crippen LogP contribution in [0.5, 0.6) is 0 Å². The summed E-state index contributed by atoms with van der Waals surface area (Å²) in [6.45, 7) is 0. The molecule has 0 amide bonds. The monoisotopic (exact) mass is 134 g/mol. The minimum absolute atomic E-state index is 0.226. The summed E-state index contributed by atoms with van der Waals surface area (Å²) >= 11 is 0. The molecule has 0 bridgehead atoms. The predicted octanol–water partition coefficient (Wildman–Crippen LogP) is 1.84. The summed E-state index contributed by atoms with van der Waals surface area (Å²) in [7, 11) is 0. The minimum atomic E-state index is 0.226. The second-order valence-electron chi connectivity index (χ2n) is 2.81. The molecule has 0 N–H and O–H groups in total.